The van der Waals surface area contributed by atoms with Gasteiger partial charge in [0.2, 0.25) is 0 Å². The minimum Gasteiger partial charge on any atom is -0.335 e. The number of benzene rings is 2. The molecule has 0 saturated carbocycles. The zero-order valence-electron chi connectivity index (χ0n) is 14.2. The van der Waals surface area contributed by atoms with Crippen LogP contribution < -0.4 is 5.32 Å². The molecular weight excluding hydrogens is 369 g/mol. The van der Waals surface area contributed by atoms with Gasteiger partial charge in [-0.1, -0.05) is 53.2 Å². The minimum absolute atomic E-state index is 0.00664. The van der Waals surface area contributed by atoms with Crippen molar-refractivity contribution in [2.24, 2.45) is 0 Å². The number of carbonyl (C=O) groups is 1. The standard InChI is InChI=1S/C20H13ClFN3O2/c1-11-17-13(19(26)23-15-9-5-8-14(21)18(15)22)10-16(24-20(17)27-25-11)12-6-3-2-4-7-12/h2-10H,1H3,(H,23,26). The first-order valence-corrected chi connectivity index (χ1v) is 8.50. The van der Waals surface area contributed by atoms with Crippen molar-refractivity contribution in [1.29, 1.82) is 0 Å². The lowest BCUT2D eigenvalue weighted by atomic mass is 10.0. The summed E-state index contributed by atoms with van der Waals surface area (Å²) in [5.74, 6) is -1.20. The molecule has 27 heavy (non-hydrogen) atoms. The third-order valence-corrected chi connectivity index (χ3v) is 4.42. The Hall–Kier alpha value is -3.25. The van der Waals surface area contributed by atoms with Gasteiger partial charge in [-0.05, 0) is 25.1 Å². The van der Waals surface area contributed by atoms with E-state index in [0.717, 1.165) is 5.56 Å². The molecule has 5 nitrogen and oxygen atoms in total. The fourth-order valence-electron chi connectivity index (χ4n) is 2.82. The van der Waals surface area contributed by atoms with Crippen LogP contribution in [0.15, 0.2) is 59.1 Å². The molecule has 2 aromatic heterocycles. The third-order valence-electron chi connectivity index (χ3n) is 4.13. The Kier molecular flexibility index (Phi) is 4.33. The minimum atomic E-state index is -0.692. The van der Waals surface area contributed by atoms with Crippen LogP contribution >= 0.6 is 11.6 Å². The normalized spacial score (nSPS) is 10.9. The summed E-state index contributed by atoms with van der Waals surface area (Å²) in [6.07, 6.45) is 0. The number of aromatic nitrogens is 2. The molecule has 0 unspecified atom stereocenters. The van der Waals surface area contributed by atoms with Crippen LogP contribution in [0.4, 0.5) is 10.1 Å². The van der Waals surface area contributed by atoms with E-state index in [1.165, 1.54) is 12.1 Å². The van der Waals surface area contributed by atoms with E-state index in [2.05, 4.69) is 15.5 Å². The van der Waals surface area contributed by atoms with E-state index in [9.17, 15) is 9.18 Å². The second kappa shape index (κ2) is 6.81. The molecule has 134 valence electrons. The van der Waals surface area contributed by atoms with Crippen molar-refractivity contribution in [3.8, 4) is 11.3 Å². The molecule has 7 heteroatoms. The fraction of sp³-hybridized carbons (Fsp3) is 0.0500. The highest BCUT2D eigenvalue weighted by Gasteiger charge is 2.20. The van der Waals surface area contributed by atoms with Crippen LogP contribution in [0.1, 0.15) is 16.1 Å². The zero-order valence-corrected chi connectivity index (χ0v) is 14.9. The topological polar surface area (TPSA) is 68.0 Å². The van der Waals surface area contributed by atoms with E-state index in [4.69, 9.17) is 16.1 Å². The summed E-state index contributed by atoms with van der Waals surface area (Å²) < 4.78 is 19.4. The van der Waals surface area contributed by atoms with E-state index in [1.54, 1.807) is 19.1 Å². The lowest BCUT2D eigenvalue weighted by Gasteiger charge is -2.09. The Morgan fingerprint density at radius 2 is 1.93 bits per heavy atom. The van der Waals surface area contributed by atoms with Gasteiger partial charge >= 0.3 is 0 Å². The summed E-state index contributed by atoms with van der Waals surface area (Å²) >= 11 is 5.79. The van der Waals surface area contributed by atoms with Gasteiger partial charge < -0.3 is 9.84 Å². The van der Waals surface area contributed by atoms with Gasteiger partial charge in [0.15, 0.2) is 5.82 Å². The Balaban J connectivity index is 1.83. The number of hydrogen-bond acceptors (Lipinski definition) is 4. The van der Waals surface area contributed by atoms with Gasteiger partial charge in [0.25, 0.3) is 11.6 Å². The van der Waals surface area contributed by atoms with E-state index in [0.29, 0.717) is 16.8 Å². The Labute approximate surface area is 158 Å². The molecule has 0 spiro atoms. The maximum atomic E-state index is 14.2. The molecule has 0 fully saturated rings. The quantitative estimate of drug-likeness (QED) is 0.526. The van der Waals surface area contributed by atoms with Crippen LogP contribution in [0.5, 0.6) is 0 Å². The van der Waals surface area contributed by atoms with Gasteiger partial charge in [0, 0.05) is 5.56 Å². The first-order valence-electron chi connectivity index (χ1n) is 8.12. The van der Waals surface area contributed by atoms with Gasteiger partial charge in [-0.2, -0.15) is 0 Å². The van der Waals surface area contributed by atoms with Crippen molar-refractivity contribution < 1.29 is 13.7 Å². The molecular formula is C20H13ClFN3O2. The Bertz CT molecular complexity index is 1160. The number of amides is 1. The summed E-state index contributed by atoms with van der Waals surface area (Å²) in [5, 5.41) is 6.87. The highest BCUT2D eigenvalue weighted by Crippen LogP contribution is 2.28. The first-order chi connectivity index (χ1) is 13.0. The molecule has 0 atom stereocenters. The molecule has 0 radical (unpaired) electrons. The average Bonchev–Trinajstić information content (AvgIpc) is 3.06. The highest BCUT2D eigenvalue weighted by molar-refractivity contribution is 6.31. The molecule has 0 bridgehead atoms. The van der Waals surface area contributed by atoms with Crippen LogP contribution in [0.3, 0.4) is 0 Å². The maximum Gasteiger partial charge on any atom is 0.259 e. The molecule has 0 saturated heterocycles. The number of hydrogen-bond donors (Lipinski definition) is 1. The van der Waals surface area contributed by atoms with Crippen LogP contribution in [0.25, 0.3) is 22.4 Å². The number of rotatable bonds is 3. The van der Waals surface area contributed by atoms with Crippen LogP contribution in [-0.4, -0.2) is 16.0 Å². The number of pyridine rings is 1. The van der Waals surface area contributed by atoms with Crippen molar-refractivity contribution in [3.05, 3.63) is 76.7 Å². The van der Waals surface area contributed by atoms with Crippen LogP contribution in [-0.2, 0) is 0 Å². The number of aryl methyl sites for hydroxylation is 1. The predicted molar refractivity (Wildman–Crippen MR) is 101 cm³/mol. The van der Waals surface area contributed by atoms with Crippen molar-refractivity contribution in [2.75, 3.05) is 5.32 Å². The third kappa shape index (κ3) is 3.15. The predicted octanol–water partition coefficient (Wildman–Crippen LogP) is 5.24. The summed E-state index contributed by atoms with van der Waals surface area (Å²) in [6.45, 7) is 1.71. The molecule has 1 amide bonds. The van der Waals surface area contributed by atoms with Gasteiger partial charge in [0.05, 0.1) is 33.0 Å². The Morgan fingerprint density at radius 1 is 1.15 bits per heavy atom. The lowest BCUT2D eigenvalue weighted by Crippen LogP contribution is -2.14. The first kappa shape index (κ1) is 17.2. The Morgan fingerprint density at radius 3 is 2.70 bits per heavy atom. The van der Waals surface area contributed by atoms with Crippen molar-refractivity contribution >= 4 is 34.3 Å². The molecule has 0 aliphatic carbocycles. The summed E-state index contributed by atoms with van der Waals surface area (Å²) in [4.78, 5) is 17.4. The van der Waals surface area contributed by atoms with Gasteiger partial charge in [-0.25, -0.2) is 9.37 Å². The molecule has 4 aromatic rings. The van der Waals surface area contributed by atoms with Gasteiger partial charge in [-0.3, -0.25) is 4.79 Å². The number of anilines is 1. The van der Waals surface area contributed by atoms with E-state index in [1.807, 2.05) is 30.3 Å². The molecule has 4 rings (SSSR count). The number of nitrogens with zero attached hydrogens (tertiary/aromatic N) is 2. The maximum absolute atomic E-state index is 14.2. The summed E-state index contributed by atoms with van der Waals surface area (Å²) in [5.41, 5.74) is 2.41. The number of nitrogens with one attached hydrogen (secondary N) is 1. The van der Waals surface area contributed by atoms with E-state index in [-0.39, 0.29) is 22.0 Å². The monoisotopic (exact) mass is 381 g/mol. The molecule has 2 aromatic carbocycles. The zero-order chi connectivity index (χ0) is 19.0. The SMILES string of the molecule is Cc1noc2nc(-c3ccccc3)cc(C(=O)Nc3cccc(Cl)c3F)c12. The van der Waals surface area contributed by atoms with Crippen molar-refractivity contribution in [1.82, 2.24) is 10.1 Å². The highest BCUT2D eigenvalue weighted by atomic mass is 35.5. The number of fused-ring (bicyclic) bond motifs is 1. The summed E-state index contributed by atoms with van der Waals surface area (Å²) in [6, 6.07) is 15.4. The van der Waals surface area contributed by atoms with Gasteiger partial charge in [-0.15, -0.1) is 0 Å². The van der Waals surface area contributed by atoms with Crippen molar-refractivity contribution in [2.45, 2.75) is 6.92 Å². The summed E-state index contributed by atoms with van der Waals surface area (Å²) in [7, 11) is 0. The smallest absolute Gasteiger partial charge is 0.259 e. The second-order valence-corrected chi connectivity index (χ2v) is 6.33. The molecule has 1 N–H and O–H groups in total. The van der Waals surface area contributed by atoms with Crippen molar-refractivity contribution in [3.63, 3.8) is 0 Å². The largest absolute Gasteiger partial charge is 0.335 e. The molecule has 2 heterocycles. The van der Waals surface area contributed by atoms with E-state index >= 15 is 0 Å². The van der Waals surface area contributed by atoms with Crippen LogP contribution in [0.2, 0.25) is 5.02 Å². The van der Waals surface area contributed by atoms with E-state index < -0.39 is 11.7 Å². The number of carbonyl (C=O) groups excluding carboxylic acids is 1. The lowest BCUT2D eigenvalue weighted by molar-refractivity contribution is 0.102. The van der Waals surface area contributed by atoms with Gasteiger partial charge in [0.1, 0.15) is 0 Å². The number of halogens is 2. The van der Waals surface area contributed by atoms with Crippen LogP contribution in [0, 0.1) is 12.7 Å². The average molecular weight is 382 g/mol. The second-order valence-electron chi connectivity index (χ2n) is 5.92. The molecule has 0 aliphatic rings. The molecule has 0 aliphatic heterocycles. The fourth-order valence-corrected chi connectivity index (χ4v) is 3.00.